The Balaban J connectivity index is 2.49. The van der Waals surface area contributed by atoms with Crippen molar-refractivity contribution in [1.29, 1.82) is 0 Å². The first kappa shape index (κ1) is 15.1. The fourth-order valence-corrected chi connectivity index (χ4v) is 1.67. The summed E-state index contributed by atoms with van der Waals surface area (Å²) in [6.45, 7) is 4.81. The lowest BCUT2D eigenvalue weighted by atomic mass is 9.92. The van der Waals surface area contributed by atoms with E-state index in [-0.39, 0.29) is 11.6 Å². The molecule has 0 unspecified atom stereocenters. The summed E-state index contributed by atoms with van der Waals surface area (Å²) in [6, 6.07) is 6.36. The van der Waals surface area contributed by atoms with E-state index in [2.05, 4.69) is 10.6 Å². The predicted molar refractivity (Wildman–Crippen MR) is 72.7 cm³/mol. The van der Waals surface area contributed by atoms with E-state index in [0.29, 0.717) is 13.1 Å². The largest absolute Gasteiger partial charge is 0.359 e. The van der Waals surface area contributed by atoms with E-state index in [1.165, 1.54) is 12.1 Å². The number of non-ortho nitro benzene ring substituents is 1. The third-order valence-electron chi connectivity index (χ3n) is 2.88. The molecule has 0 fully saturated rings. The monoisotopic (exact) mass is 265 g/mol. The van der Waals surface area contributed by atoms with Gasteiger partial charge in [0.25, 0.3) is 5.69 Å². The maximum Gasteiger partial charge on any atom is 0.269 e. The lowest BCUT2D eigenvalue weighted by molar-refractivity contribution is -0.384. The summed E-state index contributed by atoms with van der Waals surface area (Å²) in [4.78, 5) is 21.7. The Bertz CT molecular complexity index is 455. The van der Waals surface area contributed by atoms with Crippen molar-refractivity contribution in [3.63, 3.8) is 0 Å². The summed E-state index contributed by atoms with van der Waals surface area (Å²) < 4.78 is 0. The van der Waals surface area contributed by atoms with E-state index in [9.17, 15) is 14.9 Å². The van der Waals surface area contributed by atoms with Gasteiger partial charge in [0, 0.05) is 32.3 Å². The van der Waals surface area contributed by atoms with Gasteiger partial charge in [-0.2, -0.15) is 0 Å². The van der Waals surface area contributed by atoms with Gasteiger partial charge in [0.15, 0.2) is 0 Å². The first-order valence-electron chi connectivity index (χ1n) is 6.03. The second kappa shape index (κ2) is 6.29. The molecule has 0 aliphatic carbocycles. The molecule has 0 saturated heterocycles. The van der Waals surface area contributed by atoms with Crippen LogP contribution in [0.1, 0.15) is 19.4 Å². The summed E-state index contributed by atoms with van der Waals surface area (Å²) >= 11 is 0. The normalized spacial score (nSPS) is 11.1. The van der Waals surface area contributed by atoms with Crippen LogP contribution in [0.15, 0.2) is 24.3 Å². The number of nitro benzene ring substituents is 1. The highest BCUT2D eigenvalue weighted by atomic mass is 16.6. The van der Waals surface area contributed by atoms with Crippen molar-refractivity contribution in [3.05, 3.63) is 39.9 Å². The third-order valence-corrected chi connectivity index (χ3v) is 2.88. The Morgan fingerprint density at radius 3 is 2.37 bits per heavy atom. The number of rotatable bonds is 6. The van der Waals surface area contributed by atoms with Gasteiger partial charge < -0.3 is 10.6 Å². The number of benzene rings is 1. The molecule has 1 aromatic carbocycles. The van der Waals surface area contributed by atoms with E-state index in [4.69, 9.17) is 0 Å². The molecule has 0 aliphatic rings. The minimum atomic E-state index is -0.491. The van der Waals surface area contributed by atoms with Crippen LogP contribution in [0, 0.1) is 15.5 Å². The molecule has 104 valence electrons. The Hall–Kier alpha value is -1.95. The molecule has 0 radical (unpaired) electrons. The van der Waals surface area contributed by atoms with Gasteiger partial charge >= 0.3 is 0 Å². The van der Waals surface area contributed by atoms with Crippen LogP contribution in [0.3, 0.4) is 0 Å². The molecule has 0 bridgehead atoms. The Kier molecular flexibility index (Phi) is 5.00. The molecular formula is C13H19N3O3. The van der Waals surface area contributed by atoms with E-state index in [1.807, 2.05) is 13.8 Å². The van der Waals surface area contributed by atoms with Crippen molar-refractivity contribution in [2.24, 2.45) is 5.41 Å². The van der Waals surface area contributed by atoms with Gasteiger partial charge in [-0.25, -0.2) is 0 Å². The fourth-order valence-electron chi connectivity index (χ4n) is 1.67. The minimum absolute atomic E-state index is 0.0244. The molecule has 19 heavy (non-hydrogen) atoms. The van der Waals surface area contributed by atoms with Crippen LogP contribution in [-0.2, 0) is 11.3 Å². The molecular weight excluding hydrogens is 246 g/mol. The zero-order valence-corrected chi connectivity index (χ0v) is 11.4. The van der Waals surface area contributed by atoms with Gasteiger partial charge in [0.2, 0.25) is 5.91 Å². The molecule has 1 aromatic rings. The minimum Gasteiger partial charge on any atom is -0.359 e. The maximum atomic E-state index is 11.6. The van der Waals surface area contributed by atoms with E-state index >= 15 is 0 Å². The van der Waals surface area contributed by atoms with Crippen LogP contribution in [0.2, 0.25) is 0 Å². The number of nitrogens with one attached hydrogen (secondary N) is 2. The van der Waals surface area contributed by atoms with Crippen LogP contribution < -0.4 is 10.6 Å². The van der Waals surface area contributed by atoms with Crippen molar-refractivity contribution < 1.29 is 9.72 Å². The third kappa shape index (κ3) is 4.33. The van der Waals surface area contributed by atoms with Gasteiger partial charge in [-0.3, -0.25) is 14.9 Å². The van der Waals surface area contributed by atoms with Crippen molar-refractivity contribution in [1.82, 2.24) is 10.6 Å². The Morgan fingerprint density at radius 2 is 1.89 bits per heavy atom. The highest BCUT2D eigenvalue weighted by Crippen LogP contribution is 2.14. The number of hydrogen-bond acceptors (Lipinski definition) is 4. The zero-order chi connectivity index (χ0) is 14.5. The van der Waals surface area contributed by atoms with Gasteiger partial charge in [0.1, 0.15) is 0 Å². The maximum absolute atomic E-state index is 11.6. The van der Waals surface area contributed by atoms with Crippen molar-refractivity contribution in [2.75, 3.05) is 13.6 Å². The highest BCUT2D eigenvalue weighted by Gasteiger charge is 2.25. The molecule has 0 saturated carbocycles. The average molecular weight is 265 g/mol. The number of amides is 1. The molecule has 0 spiro atoms. The molecule has 6 nitrogen and oxygen atoms in total. The summed E-state index contributed by atoms with van der Waals surface area (Å²) in [6.07, 6.45) is 0. The summed E-state index contributed by atoms with van der Waals surface area (Å²) in [5.41, 5.74) is 0.531. The van der Waals surface area contributed by atoms with Gasteiger partial charge in [-0.15, -0.1) is 0 Å². The zero-order valence-electron chi connectivity index (χ0n) is 11.4. The first-order valence-corrected chi connectivity index (χ1v) is 6.03. The predicted octanol–water partition coefficient (Wildman–Crippen LogP) is 1.46. The van der Waals surface area contributed by atoms with Crippen molar-refractivity contribution in [3.8, 4) is 0 Å². The number of hydrogen-bond donors (Lipinski definition) is 2. The van der Waals surface area contributed by atoms with Crippen LogP contribution in [0.25, 0.3) is 0 Å². The van der Waals surface area contributed by atoms with E-state index < -0.39 is 10.3 Å². The van der Waals surface area contributed by atoms with E-state index in [1.54, 1.807) is 19.2 Å². The van der Waals surface area contributed by atoms with Crippen molar-refractivity contribution >= 4 is 11.6 Å². The molecule has 0 aromatic heterocycles. The van der Waals surface area contributed by atoms with Crippen LogP contribution in [-0.4, -0.2) is 24.4 Å². The van der Waals surface area contributed by atoms with Crippen LogP contribution >= 0.6 is 0 Å². The topological polar surface area (TPSA) is 84.3 Å². The number of nitro groups is 1. The molecule has 1 rings (SSSR count). The Morgan fingerprint density at radius 1 is 1.32 bits per heavy atom. The Labute approximate surface area is 112 Å². The molecule has 2 N–H and O–H groups in total. The summed E-state index contributed by atoms with van der Waals surface area (Å²) in [5.74, 6) is -0.0244. The number of carbonyl (C=O) groups excluding carboxylic acids is 1. The van der Waals surface area contributed by atoms with Crippen molar-refractivity contribution in [2.45, 2.75) is 20.4 Å². The molecule has 6 heteroatoms. The average Bonchev–Trinajstić information content (AvgIpc) is 2.38. The summed E-state index contributed by atoms with van der Waals surface area (Å²) in [7, 11) is 1.61. The first-order chi connectivity index (χ1) is 8.86. The highest BCUT2D eigenvalue weighted by molar-refractivity contribution is 5.81. The number of nitrogens with zero attached hydrogens (tertiary/aromatic N) is 1. The molecule has 0 heterocycles. The SMILES string of the molecule is CNC(=O)C(C)(C)CNCc1ccc([N+](=O)[O-])cc1. The summed E-state index contributed by atoms with van der Waals surface area (Å²) in [5, 5.41) is 16.3. The smallest absolute Gasteiger partial charge is 0.269 e. The molecule has 0 atom stereocenters. The standard InChI is InChI=1S/C13H19N3O3/c1-13(2,12(17)14-3)9-15-8-10-4-6-11(7-5-10)16(18)19/h4-7,15H,8-9H2,1-3H3,(H,14,17). The van der Waals surface area contributed by atoms with Gasteiger partial charge in [0.05, 0.1) is 10.3 Å². The number of carbonyl (C=O) groups is 1. The van der Waals surface area contributed by atoms with Gasteiger partial charge in [-0.1, -0.05) is 12.1 Å². The lowest BCUT2D eigenvalue weighted by Gasteiger charge is -2.22. The van der Waals surface area contributed by atoms with Crippen LogP contribution in [0.5, 0.6) is 0 Å². The van der Waals surface area contributed by atoms with E-state index in [0.717, 1.165) is 5.56 Å². The molecule has 0 aliphatic heterocycles. The lowest BCUT2D eigenvalue weighted by Crippen LogP contribution is -2.41. The second-order valence-electron chi connectivity index (χ2n) is 4.99. The second-order valence-corrected chi connectivity index (χ2v) is 4.99. The van der Waals surface area contributed by atoms with Gasteiger partial charge in [-0.05, 0) is 19.4 Å². The van der Waals surface area contributed by atoms with Crippen LogP contribution in [0.4, 0.5) is 5.69 Å². The quantitative estimate of drug-likeness (QED) is 0.602. The fraction of sp³-hybridized carbons (Fsp3) is 0.462. The molecule has 1 amide bonds.